The number of hydrogen-bond donors (Lipinski definition) is 1. The smallest absolute Gasteiger partial charge is 0.0375 e. The maximum Gasteiger partial charge on any atom is 0.0375 e. The molecule has 1 N–H and O–H groups in total. The van der Waals surface area contributed by atoms with E-state index in [-0.39, 0.29) is 5.25 Å². The SMILES string of the molecule is CC(C)SOOOOO. The molecular weight excluding hydrogens is 148 g/mol. The van der Waals surface area contributed by atoms with Crippen LogP contribution in [-0.4, -0.2) is 10.5 Å². The van der Waals surface area contributed by atoms with Crippen molar-refractivity contribution in [2.45, 2.75) is 19.1 Å². The summed E-state index contributed by atoms with van der Waals surface area (Å²) >= 11 is 1.03. The minimum atomic E-state index is 0.257. The highest BCUT2D eigenvalue weighted by Gasteiger charge is 1.95. The molecule has 6 heteroatoms. The number of hydrogen-bond acceptors (Lipinski definition) is 6. The predicted octanol–water partition coefficient (Wildman–Crippen LogP) is 1.33. The van der Waals surface area contributed by atoms with Crippen molar-refractivity contribution in [1.29, 1.82) is 0 Å². The van der Waals surface area contributed by atoms with E-state index in [1.54, 1.807) is 0 Å². The molecule has 0 aromatic heterocycles. The Morgan fingerprint density at radius 1 is 1.33 bits per heavy atom. The minimum Gasteiger partial charge on any atom is -0.219 e. The minimum absolute atomic E-state index is 0.257. The molecule has 0 heterocycles. The lowest BCUT2D eigenvalue weighted by atomic mass is 10.6. The van der Waals surface area contributed by atoms with E-state index in [0.29, 0.717) is 0 Å². The Hall–Kier alpha value is 0.150. The molecule has 0 amide bonds. The molecular formula is C3H8O5S. The Labute approximate surface area is 56.8 Å². The largest absolute Gasteiger partial charge is 0.219 e. The van der Waals surface area contributed by atoms with Gasteiger partial charge in [0.2, 0.25) is 0 Å². The van der Waals surface area contributed by atoms with E-state index in [1.165, 1.54) is 0 Å². The quantitative estimate of drug-likeness (QED) is 0.280. The van der Waals surface area contributed by atoms with Gasteiger partial charge in [0.25, 0.3) is 0 Å². The molecule has 0 spiro atoms. The molecule has 0 saturated carbocycles. The average molecular weight is 156 g/mol. The van der Waals surface area contributed by atoms with Crippen LogP contribution in [0.5, 0.6) is 0 Å². The molecule has 0 unspecified atom stereocenters. The molecule has 0 aromatic carbocycles. The summed E-state index contributed by atoms with van der Waals surface area (Å²) in [5, 5.41) is 18.1. The van der Waals surface area contributed by atoms with Gasteiger partial charge in [0, 0.05) is 17.3 Å². The molecule has 0 saturated heterocycles. The average Bonchev–Trinajstić information content (AvgIpc) is 1.80. The van der Waals surface area contributed by atoms with Crippen molar-refractivity contribution < 1.29 is 24.7 Å². The van der Waals surface area contributed by atoms with Crippen molar-refractivity contribution in [3.05, 3.63) is 0 Å². The fraction of sp³-hybridized carbons (Fsp3) is 1.00. The van der Waals surface area contributed by atoms with Crippen molar-refractivity contribution in [2.24, 2.45) is 0 Å². The van der Waals surface area contributed by atoms with Gasteiger partial charge in [-0.1, -0.05) is 13.8 Å². The van der Waals surface area contributed by atoms with Crippen LogP contribution in [0.15, 0.2) is 0 Å². The molecule has 0 aromatic rings. The Balaban J connectivity index is 2.75. The van der Waals surface area contributed by atoms with Gasteiger partial charge in [-0.25, -0.2) is 5.26 Å². The molecule has 5 nitrogen and oxygen atoms in total. The van der Waals surface area contributed by atoms with Gasteiger partial charge < -0.3 is 0 Å². The topological polar surface area (TPSA) is 57.2 Å². The Morgan fingerprint density at radius 2 is 2.00 bits per heavy atom. The maximum absolute atomic E-state index is 7.50. The van der Waals surface area contributed by atoms with Crippen molar-refractivity contribution in [2.75, 3.05) is 0 Å². The van der Waals surface area contributed by atoms with Crippen LogP contribution in [0.1, 0.15) is 13.8 Å². The third-order valence-electron chi connectivity index (χ3n) is 0.318. The maximum atomic E-state index is 7.50. The van der Waals surface area contributed by atoms with Gasteiger partial charge >= 0.3 is 0 Å². The monoisotopic (exact) mass is 156 g/mol. The number of rotatable bonds is 5. The molecule has 0 bridgehead atoms. The highest BCUT2D eigenvalue weighted by Crippen LogP contribution is 2.10. The van der Waals surface area contributed by atoms with Crippen LogP contribution in [-0.2, 0) is 19.4 Å². The highest BCUT2D eigenvalue weighted by molar-refractivity contribution is 7.95. The first-order valence-corrected chi connectivity index (χ1v) is 3.04. The molecule has 0 atom stereocenters. The zero-order valence-corrected chi connectivity index (χ0v) is 5.88. The van der Waals surface area contributed by atoms with Gasteiger partial charge in [-0.3, -0.25) is 0 Å². The lowest BCUT2D eigenvalue weighted by Crippen LogP contribution is -1.93. The Morgan fingerprint density at radius 3 is 2.44 bits per heavy atom. The van der Waals surface area contributed by atoms with Crippen LogP contribution in [0, 0.1) is 0 Å². The molecule has 56 valence electrons. The summed E-state index contributed by atoms with van der Waals surface area (Å²) in [6, 6.07) is 0. The molecule has 0 aliphatic carbocycles. The van der Waals surface area contributed by atoms with E-state index in [2.05, 4.69) is 19.4 Å². The highest BCUT2D eigenvalue weighted by atomic mass is 32.2. The summed E-state index contributed by atoms with van der Waals surface area (Å²) < 4.78 is 4.24. The van der Waals surface area contributed by atoms with Crippen molar-refractivity contribution >= 4 is 12.0 Å². The van der Waals surface area contributed by atoms with Crippen LogP contribution in [0.3, 0.4) is 0 Å². The van der Waals surface area contributed by atoms with Gasteiger partial charge in [-0.15, -0.1) is 4.33 Å². The normalized spacial score (nSPS) is 10.7. The third-order valence-corrected chi connectivity index (χ3v) is 0.837. The van der Waals surface area contributed by atoms with Crippen molar-refractivity contribution in [1.82, 2.24) is 0 Å². The van der Waals surface area contributed by atoms with Crippen molar-refractivity contribution in [3.8, 4) is 0 Å². The van der Waals surface area contributed by atoms with Gasteiger partial charge in [-0.05, 0) is 15.1 Å². The molecule has 0 aliphatic heterocycles. The lowest BCUT2D eigenvalue weighted by Gasteiger charge is -1.98. The van der Waals surface area contributed by atoms with E-state index < -0.39 is 0 Å². The van der Waals surface area contributed by atoms with Gasteiger partial charge in [-0.2, -0.15) is 0 Å². The van der Waals surface area contributed by atoms with E-state index in [1.807, 2.05) is 13.8 Å². The van der Waals surface area contributed by atoms with Gasteiger partial charge in [0.05, 0.1) is 0 Å². The zero-order chi connectivity index (χ0) is 7.11. The fourth-order valence-corrected chi connectivity index (χ4v) is 0.330. The summed E-state index contributed by atoms with van der Waals surface area (Å²) in [5.74, 6) is 0. The summed E-state index contributed by atoms with van der Waals surface area (Å²) in [7, 11) is 0. The molecule has 0 rings (SSSR count). The standard InChI is InChI=1S/C3H8O5S/c1-3(2)9-8-7-6-5-4/h3-4H,1-2H3. The van der Waals surface area contributed by atoms with E-state index in [9.17, 15) is 0 Å². The molecule has 0 aliphatic rings. The van der Waals surface area contributed by atoms with Gasteiger partial charge in [0.1, 0.15) is 0 Å². The fourth-order valence-electron chi connectivity index (χ4n) is 0.118. The van der Waals surface area contributed by atoms with E-state index in [0.717, 1.165) is 12.0 Å². The third kappa shape index (κ3) is 8.15. The summed E-state index contributed by atoms with van der Waals surface area (Å²) in [6.45, 7) is 3.79. The second-order valence-corrected chi connectivity index (χ2v) is 2.69. The first kappa shape index (κ1) is 9.15. The summed E-state index contributed by atoms with van der Waals surface area (Å²) in [6.07, 6.45) is 0. The van der Waals surface area contributed by atoms with Crippen LogP contribution in [0.2, 0.25) is 0 Å². The molecule has 0 radical (unpaired) electrons. The van der Waals surface area contributed by atoms with E-state index in [4.69, 9.17) is 5.26 Å². The molecule has 0 fully saturated rings. The van der Waals surface area contributed by atoms with Crippen LogP contribution in [0.4, 0.5) is 0 Å². The van der Waals surface area contributed by atoms with Gasteiger partial charge in [0.15, 0.2) is 0 Å². The Bertz CT molecular complexity index is 58.2. The van der Waals surface area contributed by atoms with E-state index >= 15 is 0 Å². The Kier molecular flexibility index (Phi) is 6.38. The van der Waals surface area contributed by atoms with Crippen LogP contribution >= 0.6 is 12.0 Å². The second kappa shape index (κ2) is 6.27. The second-order valence-electron chi connectivity index (χ2n) is 1.42. The first-order chi connectivity index (χ1) is 4.27. The molecule has 9 heavy (non-hydrogen) atoms. The first-order valence-electron chi connectivity index (χ1n) is 2.24. The summed E-state index contributed by atoms with van der Waals surface area (Å²) in [4.78, 5) is 0. The predicted molar refractivity (Wildman–Crippen MR) is 29.7 cm³/mol. The van der Waals surface area contributed by atoms with Crippen molar-refractivity contribution in [3.63, 3.8) is 0 Å². The van der Waals surface area contributed by atoms with Crippen LogP contribution in [0.25, 0.3) is 0 Å². The lowest BCUT2D eigenvalue weighted by molar-refractivity contribution is -0.682. The summed E-state index contributed by atoms with van der Waals surface area (Å²) in [5.41, 5.74) is 0. The van der Waals surface area contributed by atoms with Crippen LogP contribution < -0.4 is 0 Å². The zero-order valence-electron chi connectivity index (χ0n) is 5.07.